The van der Waals surface area contributed by atoms with Gasteiger partial charge in [-0.15, -0.1) is 0 Å². The van der Waals surface area contributed by atoms with Gasteiger partial charge in [-0.25, -0.2) is 0 Å². The van der Waals surface area contributed by atoms with Crippen LogP contribution in [0.3, 0.4) is 0 Å². The van der Waals surface area contributed by atoms with Crippen molar-refractivity contribution in [2.24, 2.45) is 11.8 Å². The van der Waals surface area contributed by atoms with Crippen LogP contribution >= 0.6 is 0 Å². The zero-order valence-corrected chi connectivity index (χ0v) is 9.91. The second-order valence-electron chi connectivity index (χ2n) is 4.70. The number of aliphatic carboxylic acids is 1. The van der Waals surface area contributed by atoms with Crippen LogP contribution in [-0.2, 0) is 4.79 Å². The van der Waals surface area contributed by atoms with Crippen LogP contribution in [0.4, 0.5) is 13.2 Å². The van der Waals surface area contributed by atoms with Crippen LogP contribution in [0, 0.1) is 11.8 Å². The minimum absolute atomic E-state index is 0.156. The van der Waals surface area contributed by atoms with Crippen molar-refractivity contribution in [3.8, 4) is 0 Å². The molecule has 3 N–H and O–H groups in total. The fourth-order valence-corrected chi connectivity index (χ4v) is 2.30. The molecule has 106 valence electrons. The van der Waals surface area contributed by atoms with Crippen molar-refractivity contribution in [3.63, 3.8) is 0 Å². The Kier molecular flexibility index (Phi) is 5.40. The van der Waals surface area contributed by atoms with Crippen molar-refractivity contribution in [1.82, 2.24) is 5.32 Å². The van der Waals surface area contributed by atoms with E-state index >= 15 is 0 Å². The third kappa shape index (κ3) is 4.45. The molecule has 7 heteroatoms. The van der Waals surface area contributed by atoms with Crippen LogP contribution in [0.1, 0.15) is 25.7 Å². The van der Waals surface area contributed by atoms with Crippen LogP contribution in [0.2, 0.25) is 0 Å². The average molecular weight is 269 g/mol. The molecule has 0 aromatic heterocycles. The van der Waals surface area contributed by atoms with Gasteiger partial charge in [0.25, 0.3) is 0 Å². The summed E-state index contributed by atoms with van der Waals surface area (Å²) in [5.41, 5.74) is 0. The standard InChI is InChI=1S/C11H18F3NO3/c12-11(13,14)9(16)6-15-5-7-3-1-2-4-8(7)10(17)18/h7-9,15-16H,1-6H2,(H,17,18). The van der Waals surface area contributed by atoms with E-state index in [1.54, 1.807) is 0 Å². The number of carboxylic acids is 1. The predicted molar refractivity (Wildman–Crippen MR) is 58.0 cm³/mol. The highest BCUT2D eigenvalue weighted by Gasteiger charge is 2.38. The molecule has 1 rings (SSSR count). The van der Waals surface area contributed by atoms with E-state index in [0.29, 0.717) is 12.8 Å². The van der Waals surface area contributed by atoms with Gasteiger partial charge in [-0.2, -0.15) is 13.2 Å². The number of carbonyl (C=O) groups is 1. The third-order valence-corrected chi connectivity index (χ3v) is 3.35. The van der Waals surface area contributed by atoms with Gasteiger partial charge in [0.2, 0.25) is 0 Å². The van der Waals surface area contributed by atoms with Crippen molar-refractivity contribution in [1.29, 1.82) is 0 Å². The molecule has 0 radical (unpaired) electrons. The highest BCUT2D eigenvalue weighted by Crippen LogP contribution is 2.29. The maximum Gasteiger partial charge on any atom is 0.415 e. The van der Waals surface area contributed by atoms with Gasteiger partial charge in [-0.1, -0.05) is 12.8 Å². The molecule has 0 aromatic carbocycles. The molecule has 1 fully saturated rings. The van der Waals surface area contributed by atoms with Crippen LogP contribution in [-0.4, -0.2) is 41.6 Å². The van der Waals surface area contributed by atoms with Crippen LogP contribution in [0.5, 0.6) is 0 Å². The number of aliphatic hydroxyl groups excluding tert-OH is 1. The number of alkyl halides is 3. The van der Waals surface area contributed by atoms with Crippen molar-refractivity contribution >= 4 is 5.97 Å². The molecule has 0 heterocycles. The van der Waals surface area contributed by atoms with Crippen LogP contribution in [0.25, 0.3) is 0 Å². The Morgan fingerprint density at radius 3 is 2.50 bits per heavy atom. The Morgan fingerprint density at radius 1 is 1.33 bits per heavy atom. The second-order valence-corrected chi connectivity index (χ2v) is 4.70. The lowest BCUT2D eigenvalue weighted by atomic mass is 9.79. The minimum Gasteiger partial charge on any atom is -0.481 e. The Labute approximate surface area is 103 Å². The van der Waals surface area contributed by atoms with Gasteiger partial charge >= 0.3 is 12.1 Å². The number of carboxylic acid groups (broad SMARTS) is 1. The molecule has 0 spiro atoms. The van der Waals surface area contributed by atoms with Gasteiger partial charge in [0.15, 0.2) is 6.10 Å². The molecular formula is C11H18F3NO3. The van der Waals surface area contributed by atoms with E-state index in [-0.39, 0.29) is 12.5 Å². The number of hydrogen-bond donors (Lipinski definition) is 3. The first-order valence-corrected chi connectivity index (χ1v) is 6.00. The number of hydrogen-bond acceptors (Lipinski definition) is 3. The van der Waals surface area contributed by atoms with Crippen molar-refractivity contribution in [2.45, 2.75) is 38.0 Å². The Morgan fingerprint density at radius 2 is 1.94 bits per heavy atom. The molecule has 0 bridgehead atoms. The molecule has 1 saturated carbocycles. The van der Waals surface area contributed by atoms with Crippen molar-refractivity contribution in [3.05, 3.63) is 0 Å². The highest BCUT2D eigenvalue weighted by atomic mass is 19.4. The van der Waals surface area contributed by atoms with E-state index in [2.05, 4.69) is 5.32 Å². The Bertz CT molecular complexity index is 283. The number of rotatable bonds is 5. The largest absolute Gasteiger partial charge is 0.481 e. The molecule has 0 aliphatic heterocycles. The monoisotopic (exact) mass is 269 g/mol. The fourth-order valence-electron chi connectivity index (χ4n) is 2.30. The maximum atomic E-state index is 12.0. The second kappa shape index (κ2) is 6.38. The first-order valence-electron chi connectivity index (χ1n) is 6.00. The number of halogens is 3. The average Bonchev–Trinajstić information content (AvgIpc) is 2.28. The molecule has 18 heavy (non-hydrogen) atoms. The summed E-state index contributed by atoms with van der Waals surface area (Å²) in [6, 6.07) is 0. The molecule has 0 amide bonds. The molecule has 0 aromatic rings. The summed E-state index contributed by atoms with van der Waals surface area (Å²) in [7, 11) is 0. The van der Waals surface area contributed by atoms with Gasteiger partial charge < -0.3 is 15.5 Å². The molecule has 3 atom stereocenters. The molecular weight excluding hydrogens is 251 g/mol. The topological polar surface area (TPSA) is 69.6 Å². The van der Waals surface area contributed by atoms with Gasteiger partial charge in [0, 0.05) is 6.54 Å². The summed E-state index contributed by atoms with van der Waals surface area (Å²) < 4.78 is 36.1. The fraction of sp³-hybridized carbons (Fsp3) is 0.909. The predicted octanol–water partition coefficient (Wildman–Crippen LogP) is 1.39. The SMILES string of the molecule is O=C(O)C1CCCCC1CNCC(O)C(F)(F)F. The summed E-state index contributed by atoms with van der Waals surface area (Å²) >= 11 is 0. The Balaban J connectivity index is 2.35. The maximum absolute atomic E-state index is 12.0. The van der Waals surface area contributed by atoms with Crippen LogP contribution < -0.4 is 5.32 Å². The zero-order valence-electron chi connectivity index (χ0n) is 9.91. The lowest BCUT2D eigenvalue weighted by Crippen LogP contribution is -2.42. The molecule has 4 nitrogen and oxygen atoms in total. The summed E-state index contributed by atoms with van der Waals surface area (Å²) in [6.45, 7) is -0.392. The van der Waals surface area contributed by atoms with E-state index < -0.39 is 30.7 Å². The number of nitrogens with one attached hydrogen (secondary N) is 1. The molecule has 1 aliphatic carbocycles. The van der Waals surface area contributed by atoms with E-state index in [0.717, 1.165) is 12.8 Å². The smallest absolute Gasteiger partial charge is 0.415 e. The van der Waals surface area contributed by atoms with E-state index in [4.69, 9.17) is 10.2 Å². The lowest BCUT2D eigenvalue weighted by molar-refractivity contribution is -0.202. The van der Waals surface area contributed by atoms with Crippen LogP contribution in [0.15, 0.2) is 0 Å². The first kappa shape index (κ1) is 15.2. The lowest BCUT2D eigenvalue weighted by Gasteiger charge is -2.29. The van der Waals surface area contributed by atoms with Gasteiger partial charge in [0.1, 0.15) is 0 Å². The highest BCUT2D eigenvalue weighted by molar-refractivity contribution is 5.70. The van der Waals surface area contributed by atoms with Crippen molar-refractivity contribution < 1.29 is 28.2 Å². The van der Waals surface area contributed by atoms with Gasteiger partial charge in [-0.05, 0) is 25.3 Å². The van der Waals surface area contributed by atoms with Gasteiger partial charge in [0.05, 0.1) is 5.92 Å². The third-order valence-electron chi connectivity index (χ3n) is 3.35. The van der Waals surface area contributed by atoms with Crippen molar-refractivity contribution in [2.75, 3.05) is 13.1 Å². The number of aliphatic hydroxyl groups is 1. The quantitative estimate of drug-likeness (QED) is 0.705. The van der Waals surface area contributed by atoms with E-state index in [1.807, 2.05) is 0 Å². The van der Waals surface area contributed by atoms with E-state index in [9.17, 15) is 18.0 Å². The zero-order chi connectivity index (χ0) is 13.8. The summed E-state index contributed by atoms with van der Waals surface area (Å²) in [4.78, 5) is 11.0. The van der Waals surface area contributed by atoms with E-state index in [1.165, 1.54) is 0 Å². The Hall–Kier alpha value is -0.820. The molecule has 3 unspecified atom stereocenters. The van der Waals surface area contributed by atoms with Gasteiger partial charge in [-0.3, -0.25) is 4.79 Å². The summed E-state index contributed by atoms with van der Waals surface area (Å²) in [5, 5.41) is 20.3. The molecule has 1 aliphatic rings. The summed E-state index contributed by atoms with van der Waals surface area (Å²) in [5.74, 6) is -1.54. The summed E-state index contributed by atoms with van der Waals surface area (Å²) in [6.07, 6.45) is -4.01. The molecule has 0 saturated heterocycles. The minimum atomic E-state index is -4.63. The first-order chi connectivity index (χ1) is 8.32. The normalized spacial score (nSPS) is 26.9.